The second kappa shape index (κ2) is 11.2. The van der Waals surface area contributed by atoms with Crippen LogP contribution in [0, 0.1) is 6.92 Å². The molecular weight excluding hydrogens is 342 g/mol. The molecular formula is C20H31N5O2. The zero-order valence-electron chi connectivity index (χ0n) is 16.8. The van der Waals surface area contributed by atoms with Crippen molar-refractivity contribution in [1.29, 1.82) is 0 Å². The number of hydrogen-bond donors (Lipinski definition) is 2. The van der Waals surface area contributed by atoms with E-state index in [1.165, 1.54) is 0 Å². The van der Waals surface area contributed by atoms with Crippen molar-refractivity contribution in [3.05, 3.63) is 47.3 Å². The molecule has 0 aliphatic heterocycles. The zero-order chi connectivity index (χ0) is 19.5. The minimum atomic E-state index is 0.594. The van der Waals surface area contributed by atoms with E-state index < -0.39 is 0 Å². The Kier molecular flexibility index (Phi) is 8.64. The topological polar surface area (TPSA) is 72.7 Å². The maximum atomic E-state index is 5.39. The molecule has 27 heavy (non-hydrogen) atoms. The largest absolute Gasteiger partial charge is 0.497 e. The fraction of sp³-hybridized carbons (Fsp3) is 0.500. The van der Waals surface area contributed by atoms with Gasteiger partial charge in [0.25, 0.3) is 0 Å². The summed E-state index contributed by atoms with van der Waals surface area (Å²) in [5.41, 5.74) is 3.43. The molecule has 1 aromatic heterocycles. The molecule has 0 unspecified atom stereocenters. The minimum absolute atomic E-state index is 0.594. The molecule has 0 atom stereocenters. The Morgan fingerprint density at radius 2 is 2.00 bits per heavy atom. The Morgan fingerprint density at radius 3 is 2.63 bits per heavy atom. The lowest BCUT2D eigenvalue weighted by atomic mass is 10.2. The molecule has 2 N–H and O–H groups in total. The molecule has 0 aliphatic carbocycles. The van der Waals surface area contributed by atoms with Crippen molar-refractivity contribution in [1.82, 2.24) is 20.4 Å². The monoisotopic (exact) mass is 373 g/mol. The summed E-state index contributed by atoms with van der Waals surface area (Å²) in [7, 11) is 3.62. The Morgan fingerprint density at radius 1 is 1.22 bits per heavy atom. The van der Waals surface area contributed by atoms with Gasteiger partial charge < -0.3 is 20.1 Å². The van der Waals surface area contributed by atoms with Crippen molar-refractivity contribution in [2.75, 3.05) is 26.9 Å². The van der Waals surface area contributed by atoms with E-state index in [-0.39, 0.29) is 0 Å². The lowest BCUT2D eigenvalue weighted by Gasteiger charge is -2.13. The SMILES string of the molecule is CCOCCCNC(=NCc1ccc(OC)cc1)NCc1cnn(C)c1C. The first-order chi connectivity index (χ1) is 13.1. The molecule has 0 saturated heterocycles. The lowest BCUT2D eigenvalue weighted by molar-refractivity contribution is 0.145. The molecule has 7 heteroatoms. The van der Waals surface area contributed by atoms with Crippen LogP contribution in [0.5, 0.6) is 5.75 Å². The third kappa shape index (κ3) is 6.94. The molecule has 0 radical (unpaired) electrons. The van der Waals surface area contributed by atoms with Crippen LogP contribution in [-0.4, -0.2) is 42.6 Å². The van der Waals surface area contributed by atoms with Crippen LogP contribution in [0.2, 0.25) is 0 Å². The fourth-order valence-corrected chi connectivity index (χ4v) is 2.50. The molecule has 0 aliphatic rings. The number of aryl methyl sites for hydroxylation is 1. The van der Waals surface area contributed by atoms with Gasteiger partial charge in [-0.3, -0.25) is 4.68 Å². The highest BCUT2D eigenvalue weighted by molar-refractivity contribution is 5.79. The second-order valence-electron chi connectivity index (χ2n) is 6.22. The average molecular weight is 374 g/mol. The zero-order valence-corrected chi connectivity index (χ0v) is 16.8. The second-order valence-corrected chi connectivity index (χ2v) is 6.22. The summed E-state index contributed by atoms with van der Waals surface area (Å²) in [6.45, 7) is 7.64. The number of nitrogens with one attached hydrogen (secondary N) is 2. The Balaban J connectivity index is 1.95. The number of guanidine groups is 1. The molecule has 0 fully saturated rings. The van der Waals surface area contributed by atoms with Gasteiger partial charge in [0.05, 0.1) is 19.9 Å². The number of nitrogens with zero attached hydrogens (tertiary/aromatic N) is 3. The Labute approximate surface area is 161 Å². The molecule has 1 aromatic carbocycles. The number of aliphatic imine (C=N–C) groups is 1. The number of methoxy groups -OCH3 is 1. The van der Waals surface area contributed by atoms with Crippen LogP contribution in [0.1, 0.15) is 30.2 Å². The van der Waals surface area contributed by atoms with E-state index in [0.717, 1.165) is 54.7 Å². The van der Waals surface area contributed by atoms with Gasteiger partial charge in [-0.15, -0.1) is 0 Å². The van der Waals surface area contributed by atoms with Gasteiger partial charge in [-0.05, 0) is 38.0 Å². The predicted octanol–water partition coefficient (Wildman–Crippen LogP) is 2.40. The molecule has 0 spiro atoms. The molecule has 0 amide bonds. The Hall–Kier alpha value is -2.54. The number of benzene rings is 1. The fourth-order valence-electron chi connectivity index (χ4n) is 2.50. The van der Waals surface area contributed by atoms with Gasteiger partial charge in [-0.2, -0.15) is 5.10 Å². The Bertz CT molecular complexity index is 710. The van der Waals surface area contributed by atoms with Crippen molar-refractivity contribution in [3.63, 3.8) is 0 Å². The first-order valence-electron chi connectivity index (χ1n) is 9.34. The van der Waals surface area contributed by atoms with E-state index in [9.17, 15) is 0 Å². The first-order valence-corrected chi connectivity index (χ1v) is 9.34. The van der Waals surface area contributed by atoms with Crippen LogP contribution < -0.4 is 15.4 Å². The van der Waals surface area contributed by atoms with E-state index >= 15 is 0 Å². The van der Waals surface area contributed by atoms with Crippen molar-refractivity contribution >= 4 is 5.96 Å². The van der Waals surface area contributed by atoms with E-state index in [1.807, 2.05) is 49.1 Å². The van der Waals surface area contributed by atoms with Crippen molar-refractivity contribution in [2.45, 2.75) is 33.4 Å². The summed E-state index contributed by atoms with van der Waals surface area (Å²) in [5.74, 6) is 1.63. The number of rotatable bonds is 10. The highest BCUT2D eigenvalue weighted by atomic mass is 16.5. The number of ether oxygens (including phenoxy) is 2. The van der Waals surface area contributed by atoms with Crippen LogP contribution in [-0.2, 0) is 24.9 Å². The highest BCUT2D eigenvalue weighted by Crippen LogP contribution is 2.12. The van der Waals surface area contributed by atoms with E-state index in [1.54, 1.807) is 7.11 Å². The van der Waals surface area contributed by atoms with Crippen LogP contribution in [0.15, 0.2) is 35.5 Å². The molecule has 2 rings (SSSR count). The van der Waals surface area contributed by atoms with Crippen molar-refractivity contribution in [3.8, 4) is 5.75 Å². The predicted molar refractivity (Wildman–Crippen MR) is 108 cm³/mol. The molecule has 1 heterocycles. The third-order valence-corrected chi connectivity index (χ3v) is 4.32. The van der Waals surface area contributed by atoms with Gasteiger partial charge in [-0.25, -0.2) is 4.99 Å². The van der Waals surface area contributed by atoms with Gasteiger partial charge >= 0.3 is 0 Å². The maximum absolute atomic E-state index is 5.39. The molecule has 0 bridgehead atoms. The van der Waals surface area contributed by atoms with Crippen LogP contribution in [0.25, 0.3) is 0 Å². The van der Waals surface area contributed by atoms with E-state index in [4.69, 9.17) is 14.5 Å². The van der Waals surface area contributed by atoms with Crippen LogP contribution in [0.3, 0.4) is 0 Å². The summed E-state index contributed by atoms with van der Waals surface area (Å²) in [4.78, 5) is 4.70. The molecule has 2 aromatic rings. The first kappa shape index (κ1) is 20.8. The van der Waals surface area contributed by atoms with Crippen LogP contribution in [0.4, 0.5) is 0 Å². The van der Waals surface area contributed by atoms with Gasteiger partial charge in [0, 0.05) is 44.6 Å². The van der Waals surface area contributed by atoms with Gasteiger partial charge in [-0.1, -0.05) is 12.1 Å². The summed E-state index contributed by atoms with van der Waals surface area (Å²) in [5, 5.41) is 11.1. The summed E-state index contributed by atoms with van der Waals surface area (Å²) in [6, 6.07) is 7.96. The van der Waals surface area contributed by atoms with Crippen molar-refractivity contribution < 1.29 is 9.47 Å². The smallest absolute Gasteiger partial charge is 0.191 e. The summed E-state index contributed by atoms with van der Waals surface area (Å²) >= 11 is 0. The lowest BCUT2D eigenvalue weighted by Crippen LogP contribution is -2.38. The van der Waals surface area contributed by atoms with Gasteiger partial charge in [0.2, 0.25) is 0 Å². The average Bonchev–Trinajstić information content (AvgIpc) is 3.01. The third-order valence-electron chi connectivity index (χ3n) is 4.32. The molecule has 0 saturated carbocycles. The highest BCUT2D eigenvalue weighted by Gasteiger charge is 2.05. The van der Waals surface area contributed by atoms with Crippen LogP contribution >= 0.6 is 0 Å². The standard InChI is InChI=1S/C20H31N5O2/c1-5-27-12-6-11-21-20(23-14-18-15-24-25(3)16(18)2)22-13-17-7-9-19(26-4)10-8-17/h7-10,15H,5-6,11-14H2,1-4H3,(H2,21,22,23). The van der Waals surface area contributed by atoms with Gasteiger partial charge in [0.15, 0.2) is 5.96 Å². The summed E-state index contributed by atoms with van der Waals surface area (Å²) < 4.78 is 12.5. The molecule has 148 valence electrons. The molecule has 7 nitrogen and oxygen atoms in total. The van der Waals surface area contributed by atoms with Gasteiger partial charge in [0.1, 0.15) is 5.75 Å². The normalized spacial score (nSPS) is 11.5. The number of aromatic nitrogens is 2. The summed E-state index contributed by atoms with van der Waals surface area (Å²) in [6.07, 6.45) is 2.82. The van der Waals surface area contributed by atoms with Crippen molar-refractivity contribution in [2.24, 2.45) is 12.0 Å². The maximum Gasteiger partial charge on any atom is 0.191 e. The number of hydrogen-bond acceptors (Lipinski definition) is 4. The quantitative estimate of drug-likeness (QED) is 0.380. The van der Waals surface area contributed by atoms with E-state index in [2.05, 4.69) is 22.7 Å². The minimum Gasteiger partial charge on any atom is -0.497 e. The van der Waals surface area contributed by atoms with E-state index in [0.29, 0.717) is 13.1 Å².